The van der Waals surface area contributed by atoms with E-state index >= 15 is 0 Å². The summed E-state index contributed by atoms with van der Waals surface area (Å²) in [4.78, 5) is 19.8. The number of aryl methyl sites for hydroxylation is 2. The molecule has 0 aliphatic carbocycles. The number of carbonyl (C=O) groups is 1. The molecule has 1 aliphatic rings. The maximum absolute atomic E-state index is 12.7. The average Bonchev–Trinajstić information content (AvgIpc) is 2.76. The third-order valence-electron chi connectivity index (χ3n) is 4.28. The van der Waals surface area contributed by atoms with Gasteiger partial charge in [0.1, 0.15) is 4.88 Å². The van der Waals surface area contributed by atoms with Gasteiger partial charge in [-0.05, 0) is 38.7 Å². The molecule has 112 valence electrons. The van der Waals surface area contributed by atoms with E-state index in [1.807, 2.05) is 24.8 Å². The van der Waals surface area contributed by atoms with Crippen molar-refractivity contribution in [2.24, 2.45) is 5.92 Å². The highest BCUT2D eigenvalue weighted by Crippen LogP contribution is 2.36. The third-order valence-corrected chi connectivity index (χ3v) is 5.42. The largest absolute Gasteiger partial charge is 0.397 e. The first-order valence-electron chi connectivity index (χ1n) is 7.43. The number of rotatable bonds is 1. The van der Waals surface area contributed by atoms with Crippen molar-refractivity contribution in [3.8, 4) is 0 Å². The van der Waals surface area contributed by atoms with Gasteiger partial charge >= 0.3 is 0 Å². The van der Waals surface area contributed by atoms with E-state index in [2.05, 4.69) is 11.9 Å². The van der Waals surface area contributed by atoms with Crippen LogP contribution in [0.4, 0.5) is 5.69 Å². The Hall–Kier alpha value is -1.62. The highest BCUT2D eigenvalue weighted by atomic mass is 32.1. The summed E-state index contributed by atoms with van der Waals surface area (Å²) in [5.41, 5.74) is 8.72. The first kappa shape index (κ1) is 14.3. The number of carbonyl (C=O) groups excluding carboxylic acids is 1. The molecule has 1 saturated heterocycles. The van der Waals surface area contributed by atoms with Crippen molar-refractivity contribution in [3.63, 3.8) is 0 Å². The van der Waals surface area contributed by atoms with Gasteiger partial charge in [0.2, 0.25) is 0 Å². The fraction of sp³-hybridized carbons (Fsp3) is 0.500. The van der Waals surface area contributed by atoms with Gasteiger partial charge in [-0.1, -0.05) is 6.92 Å². The maximum Gasteiger partial charge on any atom is 0.266 e. The molecule has 1 fully saturated rings. The lowest BCUT2D eigenvalue weighted by atomic mass is 9.99. The Morgan fingerprint density at radius 2 is 2.05 bits per heavy atom. The Morgan fingerprint density at radius 3 is 2.71 bits per heavy atom. The van der Waals surface area contributed by atoms with E-state index in [4.69, 9.17) is 5.73 Å². The van der Waals surface area contributed by atoms with Gasteiger partial charge in [-0.3, -0.25) is 9.78 Å². The minimum Gasteiger partial charge on any atom is -0.397 e. The molecule has 0 atom stereocenters. The number of pyridine rings is 1. The second-order valence-corrected chi connectivity index (χ2v) is 7.09. The molecule has 0 spiro atoms. The highest BCUT2D eigenvalue weighted by molar-refractivity contribution is 7.21. The summed E-state index contributed by atoms with van der Waals surface area (Å²) in [7, 11) is 0. The van der Waals surface area contributed by atoms with Crippen molar-refractivity contribution in [2.45, 2.75) is 33.6 Å². The van der Waals surface area contributed by atoms with Crippen molar-refractivity contribution in [3.05, 3.63) is 22.3 Å². The molecule has 2 aromatic rings. The number of nitrogens with two attached hydrogens (primary N) is 1. The molecule has 3 heterocycles. The number of nitrogen functional groups attached to an aromatic ring is 1. The Bertz CT molecular complexity index is 699. The summed E-state index contributed by atoms with van der Waals surface area (Å²) in [6, 6.07) is 2.01. The monoisotopic (exact) mass is 303 g/mol. The Balaban J connectivity index is 1.99. The van der Waals surface area contributed by atoms with E-state index in [1.54, 1.807) is 0 Å². The summed E-state index contributed by atoms with van der Waals surface area (Å²) in [6.07, 6.45) is 2.16. The van der Waals surface area contributed by atoms with Gasteiger partial charge in [-0.25, -0.2) is 0 Å². The number of fused-ring (bicyclic) bond motifs is 1. The SMILES string of the molecule is Cc1cc2sc(C(=O)N3CCC(C)CC3)c(N)c2c(C)n1. The number of amides is 1. The fourth-order valence-corrected chi connectivity index (χ4v) is 4.23. The summed E-state index contributed by atoms with van der Waals surface area (Å²) in [6.45, 7) is 7.84. The number of aromatic nitrogens is 1. The molecule has 0 aromatic carbocycles. The van der Waals surface area contributed by atoms with E-state index in [9.17, 15) is 4.79 Å². The topological polar surface area (TPSA) is 59.2 Å². The highest BCUT2D eigenvalue weighted by Gasteiger charge is 2.26. The van der Waals surface area contributed by atoms with E-state index < -0.39 is 0 Å². The zero-order valence-corrected chi connectivity index (χ0v) is 13.6. The van der Waals surface area contributed by atoms with Gasteiger partial charge in [0.15, 0.2) is 0 Å². The normalized spacial score (nSPS) is 16.6. The Kier molecular flexibility index (Phi) is 3.61. The summed E-state index contributed by atoms with van der Waals surface area (Å²) in [5, 5.41) is 0.944. The lowest BCUT2D eigenvalue weighted by molar-refractivity contribution is 0.0703. The zero-order chi connectivity index (χ0) is 15.1. The minimum absolute atomic E-state index is 0.0812. The van der Waals surface area contributed by atoms with Crippen LogP contribution in [0, 0.1) is 19.8 Å². The number of piperidine rings is 1. The molecular formula is C16H21N3OS. The van der Waals surface area contributed by atoms with Crippen LogP contribution in [0.1, 0.15) is 40.8 Å². The van der Waals surface area contributed by atoms with Crippen LogP contribution in [0.25, 0.3) is 10.1 Å². The Morgan fingerprint density at radius 1 is 1.38 bits per heavy atom. The molecule has 1 aliphatic heterocycles. The second kappa shape index (κ2) is 5.30. The van der Waals surface area contributed by atoms with Crippen LogP contribution < -0.4 is 5.73 Å². The molecule has 1 amide bonds. The zero-order valence-electron chi connectivity index (χ0n) is 12.8. The lowest BCUT2D eigenvalue weighted by Crippen LogP contribution is -2.37. The minimum atomic E-state index is 0.0812. The van der Waals surface area contributed by atoms with Gasteiger partial charge in [0, 0.05) is 34.6 Å². The number of anilines is 1. The molecule has 21 heavy (non-hydrogen) atoms. The molecular weight excluding hydrogens is 282 g/mol. The van der Waals surface area contributed by atoms with Gasteiger partial charge in [-0.2, -0.15) is 0 Å². The van der Waals surface area contributed by atoms with E-state index in [0.29, 0.717) is 16.5 Å². The smallest absolute Gasteiger partial charge is 0.266 e. The molecule has 3 rings (SSSR count). The molecule has 0 bridgehead atoms. The van der Waals surface area contributed by atoms with E-state index in [1.165, 1.54) is 11.3 Å². The van der Waals surface area contributed by atoms with Crippen LogP contribution in [0.15, 0.2) is 6.07 Å². The number of likely N-dealkylation sites (tertiary alicyclic amines) is 1. The molecule has 0 saturated carbocycles. The standard InChI is InChI=1S/C16H21N3OS/c1-9-4-6-19(7-5-9)16(20)15-14(17)13-11(3)18-10(2)8-12(13)21-15/h8-9H,4-7,17H2,1-3H3. The fourth-order valence-electron chi connectivity index (χ4n) is 2.99. The van der Waals surface area contributed by atoms with Crippen molar-refractivity contribution in [1.29, 1.82) is 0 Å². The predicted octanol–water partition coefficient (Wildman–Crippen LogP) is 3.37. The van der Waals surface area contributed by atoms with Crippen LogP contribution in [-0.4, -0.2) is 28.9 Å². The number of hydrogen-bond donors (Lipinski definition) is 1. The number of nitrogens with zero attached hydrogens (tertiary/aromatic N) is 2. The van der Waals surface area contributed by atoms with Crippen LogP contribution in [-0.2, 0) is 0 Å². The van der Waals surface area contributed by atoms with Crippen LogP contribution in [0.2, 0.25) is 0 Å². The number of thiophene rings is 1. The second-order valence-electron chi connectivity index (χ2n) is 6.04. The average molecular weight is 303 g/mol. The van der Waals surface area contributed by atoms with Gasteiger partial charge in [-0.15, -0.1) is 11.3 Å². The van der Waals surface area contributed by atoms with Crippen molar-refractivity contribution < 1.29 is 4.79 Å². The first-order chi connectivity index (χ1) is 9.97. The van der Waals surface area contributed by atoms with Gasteiger partial charge in [0.05, 0.1) is 5.69 Å². The quantitative estimate of drug-likeness (QED) is 0.878. The van der Waals surface area contributed by atoms with E-state index in [0.717, 1.165) is 47.4 Å². The van der Waals surface area contributed by atoms with Crippen molar-refractivity contribution >= 4 is 33.0 Å². The molecule has 0 unspecified atom stereocenters. The summed E-state index contributed by atoms with van der Waals surface area (Å²) in [5.74, 6) is 0.792. The predicted molar refractivity (Wildman–Crippen MR) is 87.8 cm³/mol. The third kappa shape index (κ3) is 2.50. The van der Waals surface area contributed by atoms with Gasteiger partial charge in [0.25, 0.3) is 5.91 Å². The maximum atomic E-state index is 12.7. The van der Waals surface area contributed by atoms with Crippen LogP contribution in [0.5, 0.6) is 0 Å². The lowest BCUT2D eigenvalue weighted by Gasteiger charge is -2.30. The molecule has 4 nitrogen and oxygen atoms in total. The summed E-state index contributed by atoms with van der Waals surface area (Å²) < 4.78 is 1.06. The molecule has 0 radical (unpaired) electrons. The Labute approximate surface area is 129 Å². The van der Waals surface area contributed by atoms with Gasteiger partial charge < -0.3 is 10.6 Å². The molecule has 5 heteroatoms. The summed E-state index contributed by atoms with van der Waals surface area (Å²) >= 11 is 1.50. The van der Waals surface area contributed by atoms with Crippen LogP contribution in [0.3, 0.4) is 0 Å². The molecule has 2 aromatic heterocycles. The number of hydrogen-bond acceptors (Lipinski definition) is 4. The van der Waals surface area contributed by atoms with Crippen molar-refractivity contribution in [2.75, 3.05) is 18.8 Å². The van der Waals surface area contributed by atoms with Crippen molar-refractivity contribution in [1.82, 2.24) is 9.88 Å². The van der Waals surface area contributed by atoms with E-state index in [-0.39, 0.29) is 5.91 Å². The first-order valence-corrected chi connectivity index (χ1v) is 8.24. The molecule has 2 N–H and O–H groups in total. The van der Waals surface area contributed by atoms with Crippen LogP contribution >= 0.6 is 11.3 Å².